The third-order valence-electron chi connectivity index (χ3n) is 3.04. The Morgan fingerprint density at radius 2 is 2.35 bits per heavy atom. The summed E-state index contributed by atoms with van der Waals surface area (Å²) in [6.07, 6.45) is 0.243. The van der Waals surface area contributed by atoms with Crippen LogP contribution in [0.4, 0.5) is 4.39 Å². The maximum atomic E-state index is 13.3. The van der Waals surface area contributed by atoms with Gasteiger partial charge in [0.25, 0.3) is 0 Å². The van der Waals surface area contributed by atoms with E-state index in [1.165, 1.54) is 12.1 Å². The Balaban J connectivity index is 1.91. The van der Waals surface area contributed by atoms with Gasteiger partial charge in [-0.15, -0.1) is 0 Å². The zero-order valence-corrected chi connectivity index (χ0v) is 11.4. The zero-order valence-electron chi connectivity index (χ0n) is 11.4. The van der Waals surface area contributed by atoms with Gasteiger partial charge in [-0.1, -0.05) is 19.0 Å². The Morgan fingerprint density at radius 3 is 3.00 bits per heavy atom. The molecule has 1 heterocycles. The largest absolute Gasteiger partial charge is 0.505 e. The van der Waals surface area contributed by atoms with Gasteiger partial charge in [0.2, 0.25) is 5.91 Å². The Morgan fingerprint density at radius 1 is 1.60 bits per heavy atom. The van der Waals surface area contributed by atoms with Crippen LogP contribution in [0.15, 0.2) is 23.4 Å². The molecule has 1 aliphatic heterocycles. The molecule has 0 bridgehead atoms. The summed E-state index contributed by atoms with van der Waals surface area (Å²) in [5.74, 6) is -1.21. The van der Waals surface area contributed by atoms with Gasteiger partial charge >= 0.3 is 0 Å². The molecule has 0 radical (unpaired) electrons. The maximum Gasteiger partial charge on any atom is 0.222 e. The molecule has 20 heavy (non-hydrogen) atoms. The first-order valence-corrected chi connectivity index (χ1v) is 6.46. The molecule has 2 rings (SSSR count). The third-order valence-corrected chi connectivity index (χ3v) is 3.04. The highest BCUT2D eigenvalue weighted by molar-refractivity contribution is 6.01. The molecule has 0 aromatic heterocycles. The first kappa shape index (κ1) is 14.3. The smallest absolute Gasteiger partial charge is 0.222 e. The maximum absolute atomic E-state index is 13.3. The predicted octanol–water partition coefficient (Wildman–Crippen LogP) is 1.80. The van der Waals surface area contributed by atoms with E-state index in [1.54, 1.807) is 6.07 Å². The minimum Gasteiger partial charge on any atom is -0.505 e. The Kier molecular flexibility index (Phi) is 4.22. The van der Waals surface area contributed by atoms with Crippen molar-refractivity contribution in [2.75, 3.05) is 6.54 Å². The van der Waals surface area contributed by atoms with E-state index in [2.05, 4.69) is 10.5 Å². The average Bonchev–Trinajstić information content (AvgIpc) is 2.87. The van der Waals surface area contributed by atoms with Crippen molar-refractivity contribution >= 4 is 11.6 Å². The molecule has 1 aromatic carbocycles. The van der Waals surface area contributed by atoms with Gasteiger partial charge in [0.15, 0.2) is 11.6 Å². The number of carbonyl (C=O) groups is 1. The number of phenols is 1. The van der Waals surface area contributed by atoms with Gasteiger partial charge < -0.3 is 15.3 Å². The van der Waals surface area contributed by atoms with Crippen LogP contribution in [-0.2, 0) is 9.63 Å². The van der Waals surface area contributed by atoms with Crippen molar-refractivity contribution < 1.29 is 19.1 Å². The Bertz CT molecular complexity index is 543. The number of rotatable bonds is 4. The monoisotopic (exact) mass is 280 g/mol. The van der Waals surface area contributed by atoms with Crippen LogP contribution in [0.2, 0.25) is 0 Å². The predicted molar refractivity (Wildman–Crippen MR) is 71.9 cm³/mol. The highest BCUT2D eigenvalue weighted by Gasteiger charge is 2.23. The van der Waals surface area contributed by atoms with Crippen LogP contribution in [-0.4, -0.2) is 29.4 Å². The summed E-state index contributed by atoms with van der Waals surface area (Å²) in [4.78, 5) is 16.7. The summed E-state index contributed by atoms with van der Waals surface area (Å²) in [5, 5.41) is 15.8. The van der Waals surface area contributed by atoms with Gasteiger partial charge in [-0.2, -0.15) is 0 Å². The van der Waals surface area contributed by atoms with Crippen LogP contribution in [0.1, 0.15) is 25.8 Å². The molecule has 0 aliphatic carbocycles. The number of oxime groups is 1. The van der Waals surface area contributed by atoms with E-state index < -0.39 is 11.6 Å². The summed E-state index contributed by atoms with van der Waals surface area (Å²) in [6, 6.07) is 4.07. The number of amides is 1. The quantitative estimate of drug-likeness (QED) is 0.883. The topological polar surface area (TPSA) is 70.9 Å². The van der Waals surface area contributed by atoms with Crippen molar-refractivity contribution in [2.45, 2.75) is 26.4 Å². The van der Waals surface area contributed by atoms with Gasteiger partial charge in [-0.25, -0.2) is 4.39 Å². The number of aromatic hydroxyl groups is 1. The summed E-state index contributed by atoms with van der Waals surface area (Å²) >= 11 is 0. The molecule has 0 saturated heterocycles. The van der Waals surface area contributed by atoms with Crippen molar-refractivity contribution in [3.05, 3.63) is 29.6 Å². The fraction of sp³-hybridized carbons (Fsp3) is 0.429. The van der Waals surface area contributed by atoms with E-state index >= 15 is 0 Å². The molecule has 1 aliphatic rings. The number of benzene rings is 1. The summed E-state index contributed by atoms with van der Waals surface area (Å²) in [7, 11) is 0. The zero-order chi connectivity index (χ0) is 14.7. The second kappa shape index (κ2) is 5.90. The Labute approximate surface area is 116 Å². The molecule has 0 spiro atoms. The number of nitrogens with zero attached hydrogens (tertiary/aromatic N) is 1. The second-order valence-corrected chi connectivity index (χ2v) is 5.04. The van der Waals surface area contributed by atoms with E-state index in [4.69, 9.17) is 9.94 Å². The van der Waals surface area contributed by atoms with E-state index in [0.29, 0.717) is 24.2 Å². The van der Waals surface area contributed by atoms with Crippen molar-refractivity contribution in [3.63, 3.8) is 0 Å². The van der Waals surface area contributed by atoms with Gasteiger partial charge in [-0.3, -0.25) is 4.79 Å². The number of nitrogens with one attached hydrogen (secondary N) is 1. The minimum absolute atomic E-state index is 0.0438. The minimum atomic E-state index is -0.693. The number of hydrogen-bond donors (Lipinski definition) is 2. The van der Waals surface area contributed by atoms with Gasteiger partial charge in [-0.05, 0) is 18.2 Å². The molecule has 1 amide bonds. The average molecular weight is 280 g/mol. The lowest BCUT2D eigenvalue weighted by Gasteiger charge is -2.11. The summed E-state index contributed by atoms with van der Waals surface area (Å²) in [5.41, 5.74) is 1.17. The number of hydrogen-bond acceptors (Lipinski definition) is 4. The highest BCUT2D eigenvalue weighted by Crippen LogP contribution is 2.21. The fourth-order valence-electron chi connectivity index (χ4n) is 1.81. The molecule has 1 atom stereocenters. The third kappa shape index (κ3) is 3.26. The molecule has 0 saturated carbocycles. The first-order chi connectivity index (χ1) is 9.47. The summed E-state index contributed by atoms with van der Waals surface area (Å²) in [6.45, 7) is 3.99. The number of halogens is 1. The normalized spacial score (nSPS) is 17.8. The Hall–Kier alpha value is -2.11. The van der Waals surface area contributed by atoms with Crippen molar-refractivity contribution in [1.82, 2.24) is 5.32 Å². The van der Waals surface area contributed by atoms with Crippen molar-refractivity contribution in [1.29, 1.82) is 0 Å². The van der Waals surface area contributed by atoms with E-state index in [1.807, 2.05) is 13.8 Å². The highest BCUT2D eigenvalue weighted by atomic mass is 19.1. The van der Waals surface area contributed by atoms with Crippen molar-refractivity contribution in [3.8, 4) is 5.75 Å². The van der Waals surface area contributed by atoms with Crippen LogP contribution in [0.25, 0.3) is 0 Å². The SMILES string of the molecule is CC(C)C(=O)NCC1CC(c2ccc(O)c(F)c2)=NO1. The van der Waals surface area contributed by atoms with Gasteiger partial charge in [0, 0.05) is 17.9 Å². The summed E-state index contributed by atoms with van der Waals surface area (Å²) < 4.78 is 13.3. The molecule has 1 unspecified atom stereocenters. The fourth-order valence-corrected chi connectivity index (χ4v) is 1.81. The molecule has 108 valence electrons. The van der Waals surface area contributed by atoms with Crippen LogP contribution < -0.4 is 5.32 Å². The van der Waals surface area contributed by atoms with Crippen LogP contribution in [0.3, 0.4) is 0 Å². The standard InChI is InChI=1S/C14H17FN2O3/c1-8(2)14(19)16-7-10-6-12(17-20-10)9-3-4-13(18)11(15)5-9/h3-5,8,10,18H,6-7H2,1-2H3,(H,16,19). The van der Waals surface area contributed by atoms with Gasteiger partial charge in [0.1, 0.15) is 6.10 Å². The van der Waals surface area contributed by atoms with Crippen LogP contribution >= 0.6 is 0 Å². The molecule has 5 nitrogen and oxygen atoms in total. The van der Waals surface area contributed by atoms with Crippen LogP contribution in [0, 0.1) is 11.7 Å². The lowest BCUT2D eigenvalue weighted by atomic mass is 10.0. The molecule has 1 aromatic rings. The van der Waals surface area contributed by atoms with Crippen molar-refractivity contribution in [2.24, 2.45) is 11.1 Å². The molecule has 6 heteroatoms. The van der Waals surface area contributed by atoms with Crippen LogP contribution in [0.5, 0.6) is 5.75 Å². The number of phenolic OH excluding ortho intramolecular Hbond substituents is 1. The lowest BCUT2D eigenvalue weighted by molar-refractivity contribution is -0.124. The lowest BCUT2D eigenvalue weighted by Crippen LogP contribution is -2.34. The van der Waals surface area contributed by atoms with E-state index in [0.717, 1.165) is 0 Å². The molecular weight excluding hydrogens is 263 g/mol. The molecular formula is C14H17FN2O3. The molecule has 2 N–H and O–H groups in total. The first-order valence-electron chi connectivity index (χ1n) is 6.46. The molecule has 0 fully saturated rings. The van der Waals surface area contributed by atoms with E-state index in [-0.39, 0.29) is 17.9 Å². The van der Waals surface area contributed by atoms with E-state index in [9.17, 15) is 9.18 Å². The van der Waals surface area contributed by atoms with Gasteiger partial charge in [0.05, 0.1) is 12.3 Å². The number of carbonyl (C=O) groups excluding carboxylic acids is 1. The second-order valence-electron chi connectivity index (χ2n) is 5.04.